The molecule has 0 aliphatic rings. The van der Waals surface area contributed by atoms with E-state index in [0.717, 1.165) is 22.6 Å². The van der Waals surface area contributed by atoms with Crippen LogP contribution in [0.2, 0.25) is 0 Å². The van der Waals surface area contributed by atoms with Crippen LogP contribution in [-0.2, 0) is 4.79 Å². The van der Waals surface area contributed by atoms with E-state index < -0.39 is 12.0 Å². The summed E-state index contributed by atoms with van der Waals surface area (Å²) in [7, 11) is 5.14. The zero-order chi connectivity index (χ0) is 14.6. The second kappa shape index (κ2) is 6.43. The number of benzene rings is 1. The van der Waals surface area contributed by atoms with Crippen molar-refractivity contribution in [1.29, 1.82) is 0 Å². The minimum absolute atomic E-state index is 0.367. The van der Waals surface area contributed by atoms with Gasteiger partial charge in [-0.3, -0.25) is 4.79 Å². The summed E-state index contributed by atoms with van der Waals surface area (Å²) in [5, 5.41) is 11.9. The Kier molecular flexibility index (Phi) is 5.18. The highest BCUT2D eigenvalue weighted by Crippen LogP contribution is 2.32. The predicted octanol–water partition coefficient (Wildman–Crippen LogP) is 1.42. The molecule has 0 aliphatic carbocycles. The normalized spacial score (nSPS) is 12.1. The summed E-state index contributed by atoms with van der Waals surface area (Å²) in [5.41, 5.74) is 3.11. The van der Waals surface area contributed by atoms with Gasteiger partial charge in [-0.05, 0) is 38.1 Å². The van der Waals surface area contributed by atoms with Gasteiger partial charge in [-0.25, -0.2) is 0 Å². The van der Waals surface area contributed by atoms with Gasteiger partial charge in [-0.15, -0.1) is 0 Å². The average Bonchev–Trinajstić information content (AvgIpc) is 2.33. The lowest BCUT2D eigenvalue weighted by molar-refractivity contribution is -0.139. The predicted molar refractivity (Wildman–Crippen MR) is 76.2 cm³/mol. The van der Waals surface area contributed by atoms with Crippen LogP contribution in [0.15, 0.2) is 12.1 Å². The zero-order valence-electron chi connectivity index (χ0n) is 12.2. The first-order valence-corrected chi connectivity index (χ1v) is 6.17. The summed E-state index contributed by atoms with van der Waals surface area (Å²) >= 11 is 0. The summed E-state index contributed by atoms with van der Waals surface area (Å²) in [6, 6.07) is 3.40. The number of nitrogens with zero attached hydrogens (tertiary/aromatic N) is 1. The highest BCUT2D eigenvalue weighted by atomic mass is 16.5. The molecule has 0 radical (unpaired) electrons. The second-order valence-corrected chi connectivity index (χ2v) is 4.69. The van der Waals surface area contributed by atoms with Gasteiger partial charge in [0, 0.05) is 13.6 Å². The number of anilines is 1. The second-order valence-electron chi connectivity index (χ2n) is 4.69. The van der Waals surface area contributed by atoms with Crippen molar-refractivity contribution in [2.75, 3.05) is 32.6 Å². The van der Waals surface area contributed by atoms with Gasteiger partial charge < -0.3 is 20.1 Å². The van der Waals surface area contributed by atoms with Gasteiger partial charge in [0.1, 0.15) is 11.8 Å². The third-order valence-electron chi connectivity index (χ3n) is 3.11. The minimum Gasteiger partial charge on any atom is -0.495 e. The molecular formula is C14H22N2O3. The molecule has 0 bridgehead atoms. The lowest BCUT2D eigenvalue weighted by Crippen LogP contribution is -2.43. The SMILES string of the molecule is CNC(CN(C)c1c(C)cc(C)cc1OC)C(=O)O. The molecule has 106 valence electrons. The first-order valence-electron chi connectivity index (χ1n) is 6.17. The van der Waals surface area contributed by atoms with E-state index in [0.29, 0.717) is 6.54 Å². The van der Waals surface area contributed by atoms with E-state index >= 15 is 0 Å². The van der Waals surface area contributed by atoms with Gasteiger partial charge in [0.15, 0.2) is 0 Å². The Balaban J connectivity index is 3.05. The van der Waals surface area contributed by atoms with Crippen LogP contribution in [0, 0.1) is 13.8 Å². The van der Waals surface area contributed by atoms with E-state index in [1.165, 1.54) is 0 Å². The van der Waals surface area contributed by atoms with Crippen molar-refractivity contribution in [2.24, 2.45) is 0 Å². The third kappa shape index (κ3) is 3.61. The molecule has 1 unspecified atom stereocenters. The number of methoxy groups -OCH3 is 1. The smallest absolute Gasteiger partial charge is 0.322 e. The third-order valence-corrected chi connectivity index (χ3v) is 3.11. The van der Waals surface area contributed by atoms with Crippen LogP contribution in [0.3, 0.4) is 0 Å². The molecule has 0 saturated heterocycles. The van der Waals surface area contributed by atoms with Crippen LogP contribution in [-0.4, -0.2) is 44.9 Å². The van der Waals surface area contributed by atoms with Crippen LogP contribution in [0.5, 0.6) is 5.75 Å². The summed E-state index contributed by atoms with van der Waals surface area (Å²) in [6.07, 6.45) is 0. The molecule has 0 saturated carbocycles. The number of aliphatic carboxylic acids is 1. The molecular weight excluding hydrogens is 244 g/mol. The molecule has 5 heteroatoms. The van der Waals surface area contributed by atoms with Gasteiger partial charge in [0.05, 0.1) is 12.8 Å². The number of aryl methyl sites for hydroxylation is 2. The molecule has 1 aromatic rings. The molecule has 0 spiro atoms. The number of carboxylic acid groups (broad SMARTS) is 1. The Hall–Kier alpha value is -1.75. The van der Waals surface area contributed by atoms with Gasteiger partial charge in [-0.2, -0.15) is 0 Å². The Bertz CT molecular complexity index is 460. The first-order chi connectivity index (χ1) is 8.90. The molecule has 0 heterocycles. The maximum atomic E-state index is 11.1. The van der Waals surface area contributed by atoms with Crippen molar-refractivity contribution >= 4 is 11.7 Å². The Morgan fingerprint density at radius 1 is 1.47 bits per heavy atom. The van der Waals surface area contributed by atoms with Crippen molar-refractivity contribution < 1.29 is 14.6 Å². The fraction of sp³-hybridized carbons (Fsp3) is 0.500. The molecule has 2 N–H and O–H groups in total. The number of ether oxygens (including phenoxy) is 1. The lowest BCUT2D eigenvalue weighted by atomic mass is 10.1. The molecule has 1 aromatic carbocycles. The van der Waals surface area contributed by atoms with E-state index in [1.54, 1.807) is 14.2 Å². The average molecular weight is 266 g/mol. The Morgan fingerprint density at radius 2 is 2.11 bits per heavy atom. The van der Waals surface area contributed by atoms with E-state index in [-0.39, 0.29) is 0 Å². The molecule has 0 fully saturated rings. The van der Waals surface area contributed by atoms with Crippen LogP contribution in [0.1, 0.15) is 11.1 Å². The van der Waals surface area contributed by atoms with Crippen LogP contribution >= 0.6 is 0 Å². The Morgan fingerprint density at radius 3 is 2.58 bits per heavy atom. The zero-order valence-corrected chi connectivity index (χ0v) is 12.2. The lowest BCUT2D eigenvalue weighted by Gasteiger charge is -2.26. The maximum absolute atomic E-state index is 11.1. The van der Waals surface area contributed by atoms with E-state index in [4.69, 9.17) is 9.84 Å². The quantitative estimate of drug-likeness (QED) is 0.815. The van der Waals surface area contributed by atoms with Gasteiger partial charge in [0.2, 0.25) is 0 Å². The number of hydrogen-bond donors (Lipinski definition) is 2. The Labute approximate surface area is 114 Å². The first kappa shape index (κ1) is 15.3. The van der Waals surface area contributed by atoms with E-state index in [1.807, 2.05) is 31.9 Å². The van der Waals surface area contributed by atoms with Crippen molar-refractivity contribution in [3.8, 4) is 5.75 Å². The molecule has 19 heavy (non-hydrogen) atoms. The molecule has 1 atom stereocenters. The molecule has 0 amide bonds. The summed E-state index contributed by atoms with van der Waals surface area (Å²) < 4.78 is 5.39. The van der Waals surface area contributed by atoms with Crippen molar-refractivity contribution in [3.05, 3.63) is 23.3 Å². The van der Waals surface area contributed by atoms with Gasteiger partial charge >= 0.3 is 5.97 Å². The minimum atomic E-state index is -0.863. The molecule has 5 nitrogen and oxygen atoms in total. The summed E-state index contributed by atoms with van der Waals surface area (Å²) in [5.74, 6) is -0.0988. The summed E-state index contributed by atoms with van der Waals surface area (Å²) in [4.78, 5) is 13.0. The number of rotatable bonds is 6. The monoisotopic (exact) mass is 266 g/mol. The largest absolute Gasteiger partial charge is 0.495 e. The number of nitrogens with one attached hydrogen (secondary N) is 1. The fourth-order valence-electron chi connectivity index (χ4n) is 2.22. The van der Waals surface area contributed by atoms with Crippen molar-refractivity contribution in [2.45, 2.75) is 19.9 Å². The fourth-order valence-corrected chi connectivity index (χ4v) is 2.22. The number of carboxylic acids is 1. The van der Waals surface area contributed by atoms with Gasteiger partial charge in [0.25, 0.3) is 0 Å². The standard InChI is InChI=1S/C14H22N2O3/c1-9-6-10(2)13(12(7-9)19-5)16(4)8-11(15-3)14(17)18/h6-7,11,15H,8H2,1-5H3,(H,17,18). The van der Waals surface area contributed by atoms with E-state index in [2.05, 4.69) is 11.4 Å². The van der Waals surface area contributed by atoms with Crippen LogP contribution in [0.25, 0.3) is 0 Å². The highest BCUT2D eigenvalue weighted by Gasteiger charge is 2.20. The molecule has 1 rings (SSSR count). The van der Waals surface area contributed by atoms with Gasteiger partial charge in [-0.1, -0.05) is 6.07 Å². The topological polar surface area (TPSA) is 61.8 Å². The van der Waals surface area contributed by atoms with Crippen molar-refractivity contribution in [3.63, 3.8) is 0 Å². The molecule has 0 aromatic heterocycles. The van der Waals surface area contributed by atoms with Crippen LogP contribution in [0.4, 0.5) is 5.69 Å². The molecule has 0 aliphatic heterocycles. The van der Waals surface area contributed by atoms with Crippen molar-refractivity contribution in [1.82, 2.24) is 5.32 Å². The maximum Gasteiger partial charge on any atom is 0.322 e. The van der Waals surface area contributed by atoms with Crippen LogP contribution < -0.4 is 15.0 Å². The van der Waals surface area contributed by atoms with E-state index in [9.17, 15) is 4.79 Å². The number of carbonyl (C=O) groups is 1. The highest BCUT2D eigenvalue weighted by molar-refractivity contribution is 5.75. The number of hydrogen-bond acceptors (Lipinski definition) is 4. The number of likely N-dealkylation sites (N-methyl/N-ethyl adjacent to an activating group) is 2. The summed E-state index contributed by atoms with van der Waals surface area (Å²) in [6.45, 7) is 4.37.